The van der Waals surface area contributed by atoms with E-state index in [-0.39, 0.29) is 12.0 Å². The minimum absolute atomic E-state index is 0.109. The first-order chi connectivity index (χ1) is 9.56. The summed E-state index contributed by atoms with van der Waals surface area (Å²) in [6, 6.07) is -0.307. The molecule has 1 aliphatic carbocycles. The normalized spacial score (nSPS) is 31.7. The number of guanidine groups is 1. The van der Waals surface area contributed by atoms with E-state index in [4.69, 9.17) is 18.0 Å². The van der Waals surface area contributed by atoms with Crippen molar-refractivity contribution in [2.24, 2.45) is 20.7 Å². The van der Waals surface area contributed by atoms with E-state index in [1.165, 1.54) is 0 Å². The van der Waals surface area contributed by atoms with Crippen LogP contribution in [-0.2, 0) is 0 Å². The van der Waals surface area contributed by atoms with Crippen molar-refractivity contribution < 1.29 is 10.2 Å². The van der Waals surface area contributed by atoms with Crippen LogP contribution in [0.1, 0.15) is 0 Å². The minimum atomic E-state index is -0.848. The summed E-state index contributed by atoms with van der Waals surface area (Å²) in [6.45, 7) is 0.437. The van der Waals surface area contributed by atoms with Crippen molar-refractivity contribution in [3.05, 3.63) is 23.3 Å². The lowest BCUT2D eigenvalue weighted by atomic mass is 10.1. The minimum Gasteiger partial charge on any atom is -0.388 e. The molecule has 8 heteroatoms. The van der Waals surface area contributed by atoms with Crippen LogP contribution < -0.4 is 11.1 Å². The molecule has 0 unspecified atom stereocenters. The summed E-state index contributed by atoms with van der Waals surface area (Å²) in [4.78, 5) is 12.5. The fourth-order valence-corrected chi connectivity index (χ4v) is 2.56. The summed E-state index contributed by atoms with van der Waals surface area (Å²) in [5.74, 6) is 0.583. The zero-order valence-corrected chi connectivity index (χ0v) is 11.2. The van der Waals surface area contributed by atoms with Gasteiger partial charge < -0.3 is 21.3 Å². The SMILES string of the molecule is NC1=NC(=S)C2=C(CN[C@H]3C=C[C@H](O)[C@@H]3O)C=NC2=N1. The molecule has 2 heterocycles. The summed E-state index contributed by atoms with van der Waals surface area (Å²) >= 11 is 5.17. The van der Waals surface area contributed by atoms with Crippen LogP contribution in [0.2, 0.25) is 0 Å². The topological polar surface area (TPSA) is 116 Å². The number of aliphatic hydroxyl groups is 2. The summed E-state index contributed by atoms with van der Waals surface area (Å²) < 4.78 is 0. The van der Waals surface area contributed by atoms with E-state index in [0.29, 0.717) is 22.9 Å². The van der Waals surface area contributed by atoms with E-state index >= 15 is 0 Å². The highest BCUT2D eigenvalue weighted by Crippen LogP contribution is 2.20. The third kappa shape index (κ3) is 2.22. The number of amidine groups is 1. The highest BCUT2D eigenvalue weighted by molar-refractivity contribution is 7.81. The van der Waals surface area contributed by atoms with E-state index in [2.05, 4.69) is 20.3 Å². The van der Waals surface area contributed by atoms with Crippen LogP contribution in [0.15, 0.2) is 38.3 Å². The van der Waals surface area contributed by atoms with Crippen molar-refractivity contribution in [2.45, 2.75) is 18.2 Å². The van der Waals surface area contributed by atoms with Crippen molar-refractivity contribution in [3.8, 4) is 0 Å². The number of aliphatic imine (C=N–C) groups is 3. The van der Waals surface area contributed by atoms with Gasteiger partial charge in [-0.05, 0) is 5.57 Å². The fraction of sp³-hybridized carbons (Fsp3) is 0.333. The van der Waals surface area contributed by atoms with Crippen LogP contribution in [0.25, 0.3) is 0 Å². The fourth-order valence-electron chi connectivity index (χ4n) is 2.25. The van der Waals surface area contributed by atoms with Gasteiger partial charge in [0.1, 0.15) is 11.1 Å². The van der Waals surface area contributed by atoms with E-state index in [1.807, 2.05) is 0 Å². The second-order valence-corrected chi connectivity index (χ2v) is 5.03. The number of nitrogens with two attached hydrogens (primary N) is 1. The van der Waals surface area contributed by atoms with Gasteiger partial charge in [-0.3, -0.25) is 0 Å². The Morgan fingerprint density at radius 1 is 1.30 bits per heavy atom. The maximum atomic E-state index is 9.74. The maximum absolute atomic E-state index is 9.74. The van der Waals surface area contributed by atoms with Gasteiger partial charge >= 0.3 is 0 Å². The standard InChI is InChI=1S/C12H13N5O2S/c13-12-16-10-8(11(20)17-12)5(4-15-10)3-14-6-1-2-7(18)9(6)19/h1-2,4,6-7,9,14,18-19H,3H2,(H2,13,17,20)/t6-,7-,9+/m0/s1. The third-order valence-electron chi connectivity index (χ3n) is 3.30. The Bertz CT molecular complexity index is 619. The molecule has 3 rings (SSSR count). The van der Waals surface area contributed by atoms with Crippen LogP contribution in [-0.4, -0.2) is 58.0 Å². The molecule has 0 amide bonds. The Labute approximate surface area is 120 Å². The molecule has 5 N–H and O–H groups in total. The van der Waals surface area contributed by atoms with E-state index in [0.717, 1.165) is 5.57 Å². The van der Waals surface area contributed by atoms with Gasteiger partial charge in [0.25, 0.3) is 0 Å². The number of nitrogens with zero attached hydrogens (tertiary/aromatic N) is 3. The molecule has 3 aliphatic rings. The molecule has 0 fully saturated rings. The first kappa shape index (κ1) is 13.3. The first-order valence-electron chi connectivity index (χ1n) is 6.09. The third-order valence-corrected chi connectivity index (χ3v) is 3.59. The van der Waals surface area contributed by atoms with Gasteiger partial charge in [0.05, 0.1) is 17.7 Å². The molecular weight excluding hydrogens is 278 g/mol. The quantitative estimate of drug-likeness (QED) is 0.380. The number of hydrogen-bond donors (Lipinski definition) is 4. The van der Waals surface area contributed by atoms with Crippen molar-refractivity contribution in [1.29, 1.82) is 0 Å². The van der Waals surface area contributed by atoms with Gasteiger partial charge in [0.2, 0.25) is 5.96 Å². The van der Waals surface area contributed by atoms with E-state index < -0.39 is 12.2 Å². The predicted octanol–water partition coefficient (Wildman–Crippen LogP) is -1.33. The molecule has 20 heavy (non-hydrogen) atoms. The number of thiocarbonyl (C=S) groups is 1. The number of aliphatic hydroxyl groups excluding tert-OH is 2. The smallest absolute Gasteiger partial charge is 0.223 e. The molecule has 3 atom stereocenters. The van der Waals surface area contributed by atoms with E-state index in [9.17, 15) is 10.2 Å². The number of rotatable bonds is 3. The van der Waals surface area contributed by atoms with Gasteiger partial charge in [-0.2, -0.15) is 4.99 Å². The Balaban J connectivity index is 1.73. The lowest BCUT2D eigenvalue weighted by Crippen LogP contribution is -2.41. The molecule has 0 aromatic rings. The summed E-state index contributed by atoms with van der Waals surface area (Å²) in [6.07, 6.45) is 3.27. The van der Waals surface area contributed by atoms with Crippen molar-refractivity contribution >= 4 is 35.2 Å². The highest BCUT2D eigenvalue weighted by Gasteiger charge is 2.29. The Morgan fingerprint density at radius 2 is 2.10 bits per heavy atom. The summed E-state index contributed by atoms with van der Waals surface area (Å²) in [5, 5.41) is 22.3. The monoisotopic (exact) mass is 291 g/mol. The van der Waals surface area contributed by atoms with Crippen LogP contribution >= 0.6 is 12.2 Å². The van der Waals surface area contributed by atoms with Gasteiger partial charge in [-0.25, -0.2) is 9.98 Å². The number of nitrogens with one attached hydrogen (secondary N) is 1. The van der Waals surface area contributed by atoms with E-state index in [1.54, 1.807) is 18.4 Å². The Hall–Kier alpha value is -1.74. The molecule has 0 aromatic heterocycles. The zero-order chi connectivity index (χ0) is 14.3. The zero-order valence-electron chi connectivity index (χ0n) is 10.4. The van der Waals surface area contributed by atoms with Crippen molar-refractivity contribution in [1.82, 2.24) is 5.32 Å². The molecule has 104 valence electrons. The average molecular weight is 291 g/mol. The number of hydrogen-bond acceptors (Lipinski definition) is 7. The van der Waals surface area contributed by atoms with Crippen LogP contribution in [0, 0.1) is 0 Å². The number of fused-ring (bicyclic) bond motifs is 1. The Morgan fingerprint density at radius 3 is 2.80 bits per heavy atom. The molecule has 2 aliphatic heterocycles. The van der Waals surface area contributed by atoms with Gasteiger partial charge in [-0.1, -0.05) is 24.4 Å². The summed E-state index contributed by atoms with van der Waals surface area (Å²) in [5.41, 5.74) is 7.06. The van der Waals surface area contributed by atoms with Crippen molar-refractivity contribution in [3.63, 3.8) is 0 Å². The molecular formula is C12H13N5O2S. The maximum Gasteiger partial charge on any atom is 0.223 e. The second kappa shape index (κ2) is 4.98. The van der Waals surface area contributed by atoms with Crippen LogP contribution in [0.4, 0.5) is 0 Å². The lowest BCUT2D eigenvalue weighted by Gasteiger charge is -2.18. The molecule has 0 bridgehead atoms. The van der Waals surface area contributed by atoms with Crippen molar-refractivity contribution in [2.75, 3.05) is 6.54 Å². The molecule has 0 radical (unpaired) electrons. The molecule has 0 aromatic carbocycles. The van der Waals surface area contributed by atoms with Gasteiger partial charge in [0.15, 0.2) is 5.84 Å². The van der Waals surface area contributed by atoms with Gasteiger partial charge in [-0.15, -0.1) is 0 Å². The largest absolute Gasteiger partial charge is 0.388 e. The molecule has 0 saturated carbocycles. The molecule has 0 spiro atoms. The van der Waals surface area contributed by atoms with Crippen LogP contribution in [0.5, 0.6) is 0 Å². The molecule has 7 nitrogen and oxygen atoms in total. The molecule has 0 saturated heterocycles. The highest BCUT2D eigenvalue weighted by atomic mass is 32.1. The van der Waals surface area contributed by atoms with Gasteiger partial charge in [0, 0.05) is 12.8 Å². The first-order valence-corrected chi connectivity index (χ1v) is 6.49. The van der Waals surface area contributed by atoms with Crippen LogP contribution in [0.3, 0.4) is 0 Å². The summed E-state index contributed by atoms with van der Waals surface area (Å²) in [7, 11) is 0. The second-order valence-electron chi connectivity index (χ2n) is 4.64. The average Bonchev–Trinajstić information content (AvgIpc) is 2.93. The lowest BCUT2D eigenvalue weighted by molar-refractivity contribution is 0.0451. The predicted molar refractivity (Wildman–Crippen MR) is 80.1 cm³/mol. The Kier molecular flexibility index (Phi) is 3.30.